The minimum Gasteiger partial charge on any atom is -0.488 e. The third-order valence-electron chi connectivity index (χ3n) is 5.21. The van der Waals surface area contributed by atoms with Gasteiger partial charge in [-0.1, -0.05) is 27.5 Å². The van der Waals surface area contributed by atoms with Crippen LogP contribution in [0.5, 0.6) is 5.75 Å². The summed E-state index contributed by atoms with van der Waals surface area (Å²) in [6.07, 6.45) is 0. The Kier molecular flexibility index (Phi) is 6.72. The van der Waals surface area contributed by atoms with Gasteiger partial charge in [0.1, 0.15) is 29.8 Å². The molecule has 0 aliphatic rings. The first-order valence-electron chi connectivity index (χ1n) is 9.93. The molecule has 0 radical (unpaired) electrons. The fourth-order valence-electron chi connectivity index (χ4n) is 3.60. The number of carboxylic acid groups (broad SMARTS) is 1. The SMILES string of the molecule is Cc1ccc(-c2cc(Br)ccc2OCc2c(F)cc(F)cc2F)n1-c1ccc(Cl)c(C(=O)O)c1. The van der Waals surface area contributed by atoms with Gasteiger partial charge in [-0.05, 0) is 55.5 Å². The lowest BCUT2D eigenvalue weighted by molar-refractivity contribution is 0.0697. The molecule has 1 N–H and O–H groups in total. The number of aromatic carboxylic acids is 1. The number of rotatable bonds is 6. The van der Waals surface area contributed by atoms with Gasteiger partial charge in [0.15, 0.2) is 0 Å². The highest BCUT2D eigenvalue weighted by molar-refractivity contribution is 9.10. The van der Waals surface area contributed by atoms with Gasteiger partial charge in [0, 0.05) is 33.6 Å². The third kappa shape index (κ3) is 4.69. The molecular formula is C25H16BrClF3NO3. The normalized spacial score (nSPS) is 11.0. The van der Waals surface area contributed by atoms with E-state index in [1.165, 1.54) is 12.1 Å². The fourth-order valence-corrected chi connectivity index (χ4v) is 4.16. The van der Waals surface area contributed by atoms with Crippen molar-refractivity contribution in [1.29, 1.82) is 0 Å². The van der Waals surface area contributed by atoms with Crippen LogP contribution in [0.4, 0.5) is 13.2 Å². The Hall–Kier alpha value is -3.23. The van der Waals surface area contributed by atoms with Crippen molar-refractivity contribution in [1.82, 2.24) is 4.57 Å². The van der Waals surface area contributed by atoms with Gasteiger partial charge in [0.2, 0.25) is 0 Å². The van der Waals surface area contributed by atoms with Crippen molar-refractivity contribution in [2.24, 2.45) is 0 Å². The van der Waals surface area contributed by atoms with Crippen LogP contribution in [0.2, 0.25) is 5.02 Å². The number of carbonyl (C=O) groups is 1. The molecule has 0 unspecified atom stereocenters. The van der Waals surface area contributed by atoms with Crippen LogP contribution in [0, 0.1) is 24.4 Å². The Morgan fingerprint density at radius 2 is 1.74 bits per heavy atom. The second-order valence-corrected chi connectivity index (χ2v) is 8.76. The first-order valence-corrected chi connectivity index (χ1v) is 11.1. The molecule has 4 aromatic rings. The van der Waals surface area contributed by atoms with E-state index in [1.807, 2.05) is 23.6 Å². The first-order chi connectivity index (χ1) is 16.2. The van der Waals surface area contributed by atoms with E-state index in [0.717, 1.165) is 10.2 Å². The van der Waals surface area contributed by atoms with Crippen LogP contribution in [0.25, 0.3) is 16.9 Å². The number of benzene rings is 3. The van der Waals surface area contributed by atoms with E-state index in [-0.39, 0.29) is 10.6 Å². The average molecular weight is 551 g/mol. The van der Waals surface area contributed by atoms with Gasteiger partial charge >= 0.3 is 5.97 Å². The minimum atomic E-state index is -1.16. The molecule has 0 amide bonds. The monoisotopic (exact) mass is 549 g/mol. The van der Waals surface area contributed by atoms with Gasteiger partial charge < -0.3 is 14.4 Å². The molecule has 0 spiro atoms. The van der Waals surface area contributed by atoms with Crippen LogP contribution >= 0.6 is 27.5 Å². The topological polar surface area (TPSA) is 51.5 Å². The summed E-state index contributed by atoms with van der Waals surface area (Å²) >= 11 is 9.46. The molecule has 0 aliphatic heterocycles. The number of hydrogen-bond acceptors (Lipinski definition) is 2. The Morgan fingerprint density at radius 3 is 2.41 bits per heavy atom. The molecule has 0 bridgehead atoms. The van der Waals surface area contributed by atoms with Gasteiger partial charge in [-0.15, -0.1) is 0 Å². The zero-order valence-electron chi connectivity index (χ0n) is 17.6. The molecular weight excluding hydrogens is 535 g/mol. The van der Waals surface area contributed by atoms with Crippen molar-refractivity contribution < 1.29 is 27.8 Å². The van der Waals surface area contributed by atoms with Gasteiger partial charge in [0.25, 0.3) is 0 Å². The van der Waals surface area contributed by atoms with Crippen molar-refractivity contribution in [3.63, 3.8) is 0 Å². The Bertz CT molecular complexity index is 1400. The van der Waals surface area contributed by atoms with E-state index in [1.54, 1.807) is 24.3 Å². The predicted molar refractivity (Wildman–Crippen MR) is 126 cm³/mol. The molecule has 1 heterocycles. The van der Waals surface area contributed by atoms with E-state index in [2.05, 4.69) is 15.9 Å². The van der Waals surface area contributed by atoms with E-state index in [4.69, 9.17) is 16.3 Å². The summed E-state index contributed by atoms with van der Waals surface area (Å²) in [5.41, 5.74) is 2.14. The highest BCUT2D eigenvalue weighted by Gasteiger charge is 2.18. The molecule has 4 rings (SSSR count). The van der Waals surface area contributed by atoms with E-state index in [9.17, 15) is 23.1 Å². The predicted octanol–water partition coefficient (Wildman–Crippen LogP) is 7.56. The average Bonchev–Trinajstić information content (AvgIpc) is 3.15. The Morgan fingerprint density at radius 1 is 1.03 bits per heavy atom. The maximum absolute atomic E-state index is 14.1. The van der Waals surface area contributed by atoms with E-state index < -0.39 is 35.6 Å². The van der Waals surface area contributed by atoms with Crippen LogP contribution in [0.3, 0.4) is 0 Å². The largest absolute Gasteiger partial charge is 0.488 e. The first kappa shape index (κ1) is 23.9. The molecule has 0 aliphatic carbocycles. The maximum atomic E-state index is 14.1. The van der Waals surface area contributed by atoms with E-state index >= 15 is 0 Å². The van der Waals surface area contributed by atoms with Crippen LogP contribution in [-0.4, -0.2) is 15.6 Å². The number of nitrogens with zero attached hydrogens (tertiary/aromatic N) is 1. The van der Waals surface area contributed by atoms with Crippen molar-refractivity contribution >= 4 is 33.5 Å². The zero-order chi connectivity index (χ0) is 24.6. The van der Waals surface area contributed by atoms with Crippen LogP contribution in [0.1, 0.15) is 21.6 Å². The smallest absolute Gasteiger partial charge is 0.337 e. The quantitative estimate of drug-likeness (QED) is 0.269. The number of aryl methyl sites for hydroxylation is 1. The highest BCUT2D eigenvalue weighted by atomic mass is 79.9. The molecule has 174 valence electrons. The van der Waals surface area contributed by atoms with Crippen molar-refractivity contribution in [2.45, 2.75) is 13.5 Å². The van der Waals surface area contributed by atoms with Gasteiger partial charge in [-0.25, -0.2) is 18.0 Å². The number of ether oxygens (including phenoxy) is 1. The fraction of sp³-hybridized carbons (Fsp3) is 0.0800. The summed E-state index contributed by atoms with van der Waals surface area (Å²) in [6, 6.07) is 14.6. The Labute approximate surface area is 206 Å². The van der Waals surface area contributed by atoms with Gasteiger partial charge in [0.05, 0.1) is 21.8 Å². The lowest BCUT2D eigenvalue weighted by atomic mass is 10.1. The molecule has 34 heavy (non-hydrogen) atoms. The molecule has 1 aromatic heterocycles. The van der Waals surface area contributed by atoms with Gasteiger partial charge in [-0.2, -0.15) is 0 Å². The molecule has 0 saturated carbocycles. The molecule has 0 atom stereocenters. The van der Waals surface area contributed by atoms with Crippen LogP contribution in [0.15, 0.2) is 65.1 Å². The maximum Gasteiger partial charge on any atom is 0.337 e. The number of hydrogen-bond donors (Lipinski definition) is 1. The summed E-state index contributed by atoms with van der Waals surface area (Å²) in [4.78, 5) is 11.6. The summed E-state index contributed by atoms with van der Waals surface area (Å²) in [5, 5.41) is 9.57. The summed E-state index contributed by atoms with van der Waals surface area (Å²) in [6.45, 7) is 1.39. The third-order valence-corrected chi connectivity index (χ3v) is 6.03. The Balaban J connectivity index is 1.78. The lowest BCUT2D eigenvalue weighted by Gasteiger charge is -2.17. The zero-order valence-corrected chi connectivity index (χ0v) is 19.9. The summed E-state index contributed by atoms with van der Waals surface area (Å²) in [5.74, 6) is -3.94. The molecule has 0 fully saturated rings. The molecule has 0 saturated heterocycles. The second-order valence-electron chi connectivity index (χ2n) is 7.44. The molecule has 9 heteroatoms. The second kappa shape index (κ2) is 9.56. The standard InChI is InChI=1S/C25H16BrClF3NO3/c1-13-2-6-23(31(13)16-4-5-20(27)17(11-16)25(32)33)18-8-14(26)3-7-24(18)34-12-19-21(29)9-15(28)10-22(19)30/h2-11H,12H2,1H3,(H,32,33). The summed E-state index contributed by atoms with van der Waals surface area (Å²) in [7, 11) is 0. The summed E-state index contributed by atoms with van der Waals surface area (Å²) < 4.78 is 49.7. The van der Waals surface area contributed by atoms with Crippen LogP contribution < -0.4 is 4.74 Å². The van der Waals surface area contributed by atoms with Crippen molar-refractivity contribution in [3.05, 3.63) is 104 Å². The minimum absolute atomic E-state index is 0.0498. The number of carboxylic acids is 1. The number of halogens is 5. The number of aromatic nitrogens is 1. The van der Waals surface area contributed by atoms with E-state index in [0.29, 0.717) is 34.8 Å². The van der Waals surface area contributed by atoms with Crippen LogP contribution in [-0.2, 0) is 6.61 Å². The lowest BCUT2D eigenvalue weighted by Crippen LogP contribution is -2.06. The molecule has 3 aromatic carbocycles. The van der Waals surface area contributed by atoms with Crippen molar-refractivity contribution in [2.75, 3.05) is 0 Å². The molecule has 4 nitrogen and oxygen atoms in total. The van der Waals surface area contributed by atoms with Gasteiger partial charge in [-0.3, -0.25) is 0 Å². The highest BCUT2D eigenvalue weighted by Crippen LogP contribution is 2.37. The van der Waals surface area contributed by atoms with Crippen molar-refractivity contribution in [3.8, 4) is 22.7 Å².